The minimum atomic E-state index is -0.539. The van der Waals surface area contributed by atoms with Crippen LogP contribution in [0.3, 0.4) is 0 Å². The Labute approximate surface area is 123 Å². The Balaban J connectivity index is 2.44. The van der Waals surface area contributed by atoms with Crippen LogP contribution in [0.1, 0.15) is 16.8 Å². The van der Waals surface area contributed by atoms with Gasteiger partial charge in [-0.1, -0.05) is 15.9 Å². The molecule has 1 aromatic rings. The topological polar surface area (TPSA) is 94.0 Å². The largest absolute Gasteiger partial charge is 0.298 e. The van der Waals surface area contributed by atoms with E-state index in [1.54, 1.807) is 30.3 Å². The number of nitrogens with one attached hydrogen (secondary N) is 3. The molecule has 0 fully saturated rings. The van der Waals surface area contributed by atoms with Gasteiger partial charge in [-0.25, -0.2) is 0 Å². The zero-order chi connectivity index (χ0) is 14.3. The highest BCUT2D eigenvalue weighted by Crippen LogP contribution is 2.10. The van der Waals surface area contributed by atoms with Gasteiger partial charge in [0.2, 0.25) is 0 Å². The summed E-state index contributed by atoms with van der Waals surface area (Å²) >= 11 is 8.07. The van der Waals surface area contributed by atoms with Gasteiger partial charge in [0.15, 0.2) is 5.11 Å². The summed E-state index contributed by atoms with van der Waals surface area (Å²) in [5, 5.41) is 10.6. The summed E-state index contributed by atoms with van der Waals surface area (Å²) in [4.78, 5) is 22.7. The van der Waals surface area contributed by atoms with E-state index in [-0.39, 0.29) is 11.5 Å². The Kier molecular flexibility index (Phi) is 5.92. The Hall–Kier alpha value is -1.98. The maximum Gasteiger partial charge on any atom is 0.257 e. The summed E-state index contributed by atoms with van der Waals surface area (Å²) in [5.41, 5.74) is 4.92. The maximum atomic E-state index is 11.7. The van der Waals surface area contributed by atoms with Crippen LogP contribution in [-0.2, 0) is 4.79 Å². The van der Waals surface area contributed by atoms with E-state index in [1.165, 1.54) is 0 Å². The second kappa shape index (κ2) is 7.45. The van der Waals surface area contributed by atoms with Gasteiger partial charge in [-0.3, -0.25) is 25.8 Å². The average Bonchev–Trinajstić information content (AvgIpc) is 2.37. The van der Waals surface area contributed by atoms with Crippen molar-refractivity contribution in [2.45, 2.75) is 6.42 Å². The second-order valence-corrected chi connectivity index (χ2v) is 4.62. The number of rotatable bonds is 2. The van der Waals surface area contributed by atoms with Gasteiger partial charge in [-0.05, 0) is 36.5 Å². The molecule has 1 rings (SSSR count). The number of carbonyl (C=O) groups excluding carboxylic acids is 2. The molecule has 0 saturated carbocycles. The lowest BCUT2D eigenvalue weighted by Gasteiger charge is -2.09. The van der Waals surface area contributed by atoms with Gasteiger partial charge in [0.1, 0.15) is 6.42 Å². The molecule has 98 valence electrons. The van der Waals surface area contributed by atoms with Crippen molar-refractivity contribution < 1.29 is 9.59 Å². The van der Waals surface area contributed by atoms with E-state index in [0.717, 1.165) is 4.47 Å². The van der Waals surface area contributed by atoms with Crippen LogP contribution in [0, 0.1) is 11.3 Å². The molecule has 6 nitrogen and oxygen atoms in total. The van der Waals surface area contributed by atoms with Crippen LogP contribution in [0.15, 0.2) is 28.7 Å². The van der Waals surface area contributed by atoms with Crippen molar-refractivity contribution in [2.75, 3.05) is 0 Å². The van der Waals surface area contributed by atoms with E-state index in [0.29, 0.717) is 5.56 Å². The van der Waals surface area contributed by atoms with Crippen LogP contribution in [0.4, 0.5) is 0 Å². The number of carbonyl (C=O) groups is 2. The number of amides is 2. The molecule has 0 radical (unpaired) electrons. The van der Waals surface area contributed by atoms with Crippen LogP contribution in [0.5, 0.6) is 0 Å². The molecule has 3 N–H and O–H groups in total. The third-order valence-electron chi connectivity index (χ3n) is 1.89. The van der Waals surface area contributed by atoms with Gasteiger partial charge >= 0.3 is 0 Å². The zero-order valence-corrected chi connectivity index (χ0v) is 12.0. The fourth-order valence-corrected chi connectivity index (χ4v) is 1.46. The molecule has 8 heteroatoms. The minimum absolute atomic E-state index is 0.0563. The van der Waals surface area contributed by atoms with Crippen molar-refractivity contribution >= 4 is 45.1 Å². The van der Waals surface area contributed by atoms with E-state index in [4.69, 9.17) is 17.5 Å². The molecule has 0 aliphatic heterocycles. The number of benzene rings is 1. The van der Waals surface area contributed by atoms with E-state index >= 15 is 0 Å². The highest BCUT2D eigenvalue weighted by molar-refractivity contribution is 9.10. The third kappa shape index (κ3) is 5.46. The Morgan fingerprint density at radius 3 is 2.47 bits per heavy atom. The van der Waals surface area contributed by atoms with Crippen LogP contribution >= 0.6 is 28.1 Å². The summed E-state index contributed by atoms with van der Waals surface area (Å²) in [6.45, 7) is 0. The fraction of sp³-hybridized carbons (Fsp3) is 0.0909. The molecule has 0 bridgehead atoms. The van der Waals surface area contributed by atoms with Crippen LogP contribution in [-0.4, -0.2) is 16.9 Å². The summed E-state index contributed by atoms with van der Waals surface area (Å²) in [5.74, 6) is -0.942. The number of thiocarbonyl (C=S) groups is 1. The number of hydrogen-bond donors (Lipinski definition) is 3. The lowest BCUT2D eigenvalue weighted by atomic mass is 10.2. The van der Waals surface area contributed by atoms with Crippen LogP contribution < -0.4 is 16.2 Å². The molecule has 0 aromatic heterocycles. The van der Waals surface area contributed by atoms with Gasteiger partial charge in [-0.15, -0.1) is 0 Å². The SMILES string of the molecule is N#CCC(=O)NNC(=S)NC(=O)c1ccc(Br)cc1. The van der Waals surface area contributed by atoms with Crippen molar-refractivity contribution in [1.82, 2.24) is 16.2 Å². The van der Waals surface area contributed by atoms with Gasteiger partial charge in [0.05, 0.1) is 6.07 Å². The first kappa shape index (κ1) is 15.1. The summed E-state index contributed by atoms with van der Waals surface area (Å²) in [6.07, 6.45) is -0.295. The molecule has 0 saturated heterocycles. The van der Waals surface area contributed by atoms with Crippen LogP contribution in [0.2, 0.25) is 0 Å². The van der Waals surface area contributed by atoms with Gasteiger partial charge in [-0.2, -0.15) is 5.26 Å². The quantitative estimate of drug-likeness (QED) is 0.551. The van der Waals surface area contributed by atoms with Crippen molar-refractivity contribution in [3.63, 3.8) is 0 Å². The molecule has 19 heavy (non-hydrogen) atoms. The zero-order valence-electron chi connectivity index (χ0n) is 9.57. The molecular weight excluding hydrogens is 332 g/mol. The van der Waals surface area contributed by atoms with Gasteiger partial charge in [0, 0.05) is 10.0 Å². The van der Waals surface area contributed by atoms with E-state index < -0.39 is 11.8 Å². The van der Waals surface area contributed by atoms with Crippen molar-refractivity contribution in [3.8, 4) is 6.07 Å². The maximum absolute atomic E-state index is 11.7. The molecule has 0 aliphatic rings. The molecule has 0 spiro atoms. The first-order valence-corrected chi connectivity index (χ1v) is 6.25. The number of nitriles is 1. The first-order chi connectivity index (χ1) is 9.02. The number of hydrogen-bond acceptors (Lipinski definition) is 4. The highest BCUT2D eigenvalue weighted by atomic mass is 79.9. The lowest BCUT2D eigenvalue weighted by molar-refractivity contribution is -0.120. The highest BCUT2D eigenvalue weighted by Gasteiger charge is 2.08. The van der Waals surface area contributed by atoms with Gasteiger partial charge in [0.25, 0.3) is 11.8 Å². The van der Waals surface area contributed by atoms with Crippen molar-refractivity contribution in [1.29, 1.82) is 5.26 Å². The third-order valence-corrected chi connectivity index (χ3v) is 2.62. The average molecular weight is 341 g/mol. The molecule has 1 aromatic carbocycles. The van der Waals surface area contributed by atoms with Crippen LogP contribution in [0.25, 0.3) is 0 Å². The fourth-order valence-electron chi connectivity index (χ4n) is 1.05. The molecule has 0 atom stereocenters. The number of nitrogens with zero attached hydrogens (tertiary/aromatic N) is 1. The smallest absolute Gasteiger partial charge is 0.257 e. The molecule has 0 heterocycles. The lowest BCUT2D eigenvalue weighted by Crippen LogP contribution is -2.48. The number of halogens is 1. The summed E-state index contributed by atoms with van der Waals surface area (Å²) in [7, 11) is 0. The monoisotopic (exact) mass is 340 g/mol. The summed E-state index contributed by atoms with van der Waals surface area (Å²) < 4.78 is 0.855. The van der Waals surface area contributed by atoms with E-state index in [9.17, 15) is 9.59 Å². The molecule has 2 amide bonds. The minimum Gasteiger partial charge on any atom is -0.298 e. The second-order valence-electron chi connectivity index (χ2n) is 3.30. The normalized spacial score (nSPS) is 9.05. The number of hydrazine groups is 1. The van der Waals surface area contributed by atoms with E-state index in [2.05, 4.69) is 32.1 Å². The van der Waals surface area contributed by atoms with Crippen molar-refractivity contribution in [3.05, 3.63) is 34.3 Å². The van der Waals surface area contributed by atoms with E-state index in [1.807, 2.05) is 0 Å². The standard InChI is InChI=1S/C11H9BrN4O2S/c12-8-3-1-7(2-4-8)10(18)14-11(19)16-15-9(17)5-6-13/h1-4H,5H2,(H,15,17)(H2,14,16,18,19). The molecule has 0 aliphatic carbocycles. The predicted octanol–water partition coefficient (Wildman–Crippen LogP) is 0.998. The summed E-state index contributed by atoms with van der Waals surface area (Å²) in [6, 6.07) is 8.36. The predicted molar refractivity (Wildman–Crippen MR) is 75.7 cm³/mol. The van der Waals surface area contributed by atoms with Gasteiger partial charge < -0.3 is 0 Å². The molecular formula is C11H9BrN4O2S. The van der Waals surface area contributed by atoms with Crippen molar-refractivity contribution in [2.24, 2.45) is 0 Å². The molecule has 0 unspecified atom stereocenters. The Morgan fingerprint density at radius 1 is 1.26 bits per heavy atom. The Bertz CT molecular complexity index is 539. The first-order valence-electron chi connectivity index (χ1n) is 5.05. The Morgan fingerprint density at radius 2 is 1.89 bits per heavy atom.